The minimum Gasteiger partial charge on any atom is -0.481 e. The van der Waals surface area contributed by atoms with Crippen LogP contribution in [0.25, 0.3) is 0 Å². The molecule has 0 saturated heterocycles. The predicted molar refractivity (Wildman–Crippen MR) is 98.3 cm³/mol. The van der Waals surface area contributed by atoms with Gasteiger partial charge in [-0.15, -0.1) is 0 Å². The second-order valence-electron chi connectivity index (χ2n) is 5.99. The van der Waals surface area contributed by atoms with E-state index in [9.17, 15) is 27.6 Å². The highest BCUT2D eigenvalue weighted by atomic mass is 19.4. The summed E-state index contributed by atoms with van der Waals surface area (Å²) in [5, 5.41) is 2.43. The molecular weight excluding hydrogens is 391 g/mol. The molecule has 0 heterocycles. The lowest BCUT2D eigenvalue weighted by molar-refractivity contribution is -0.137. The fourth-order valence-electron chi connectivity index (χ4n) is 2.17. The highest BCUT2D eigenvalue weighted by Crippen LogP contribution is 2.31. The fourth-order valence-corrected chi connectivity index (χ4v) is 2.17. The molecule has 10 heteroatoms. The summed E-state index contributed by atoms with van der Waals surface area (Å²) in [6, 6.07) is 9.41. The average Bonchev–Trinajstić information content (AvgIpc) is 2.66. The van der Waals surface area contributed by atoms with E-state index in [-0.39, 0.29) is 11.5 Å². The van der Waals surface area contributed by atoms with Crippen LogP contribution in [-0.2, 0) is 11.0 Å². The summed E-state index contributed by atoms with van der Waals surface area (Å²) in [6.45, 7) is 2.73. The number of carbonyl (C=O) groups excluding carboxylic acids is 3. The number of rotatable bonds is 5. The number of ketones is 1. The van der Waals surface area contributed by atoms with Gasteiger partial charge in [0.25, 0.3) is 5.91 Å². The first-order chi connectivity index (χ1) is 13.6. The van der Waals surface area contributed by atoms with Crippen molar-refractivity contribution in [1.29, 1.82) is 0 Å². The molecule has 3 N–H and O–H groups in total. The molecule has 0 aromatic heterocycles. The molecule has 2 aromatic carbocycles. The minimum absolute atomic E-state index is 0.122. The molecule has 0 fully saturated rings. The number of anilines is 1. The summed E-state index contributed by atoms with van der Waals surface area (Å²) in [6.07, 6.45) is -5.71. The highest BCUT2D eigenvalue weighted by molar-refractivity contribution is 5.95. The lowest BCUT2D eigenvalue weighted by Crippen LogP contribution is -2.48. The normalized spacial score (nSPS) is 11.9. The van der Waals surface area contributed by atoms with Crippen molar-refractivity contribution >= 4 is 23.4 Å². The standard InChI is InChI=1S/C19H18F3N3O4/c1-11(26)13-6-8-15(9-7-13)23-18(28)25-24-17(27)12(2)29-16-5-3-4-14(10-16)19(20,21)22/h3-10,12H,1-2H3,(H,24,27)(H2,23,25,28). The van der Waals surface area contributed by atoms with Gasteiger partial charge in [-0.2, -0.15) is 13.2 Å². The van der Waals surface area contributed by atoms with Gasteiger partial charge in [-0.3, -0.25) is 15.0 Å². The molecule has 7 nitrogen and oxygen atoms in total. The van der Waals surface area contributed by atoms with Crippen LogP contribution in [0.3, 0.4) is 0 Å². The topological polar surface area (TPSA) is 96.5 Å². The number of Topliss-reactive ketones (excluding diaryl/α,β-unsaturated/α-hetero) is 1. The number of alkyl halides is 3. The number of halogens is 3. The Hall–Kier alpha value is -3.56. The van der Waals surface area contributed by atoms with Crippen molar-refractivity contribution in [2.45, 2.75) is 26.1 Å². The van der Waals surface area contributed by atoms with Crippen LogP contribution >= 0.6 is 0 Å². The lowest BCUT2D eigenvalue weighted by Gasteiger charge is -2.16. The quantitative estimate of drug-likeness (QED) is 0.520. The molecule has 0 aliphatic carbocycles. The Morgan fingerprint density at radius 3 is 2.24 bits per heavy atom. The maximum atomic E-state index is 12.7. The van der Waals surface area contributed by atoms with Crippen molar-refractivity contribution in [2.75, 3.05) is 5.32 Å². The molecule has 0 aliphatic rings. The number of hydrogen-bond donors (Lipinski definition) is 3. The van der Waals surface area contributed by atoms with E-state index in [2.05, 4.69) is 16.2 Å². The molecule has 154 valence electrons. The smallest absolute Gasteiger partial charge is 0.416 e. The summed E-state index contributed by atoms with van der Waals surface area (Å²) in [4.78, 5) is 35.0. The van der Waals surface area contributed by atoms with Gasteiger partial charge in [0, 0.05) is 11.3 Å². The summed E-state index contributed by atoms with van der Waals surface area (Å²) in [7, 11) is 0. The fraction of sp³-hybridized carbons (Fsp3) is 0.211. The summed E-state index contributed by atoms with van der Waals surface area (Å²) < 4.78 is 43.3. The van der Waals surface area contributed by atoms with Gasteiger partial charge in [-0.25, -0.2) is 10.2 Å². The third kappa shape index (κ3) is 6.52. The first-order valence-corrected chi connectivity index (χ1v) is 8.38. The number of ether oxygens (including phenoxy) is 1. The van der Waals surface area contributed by atoms with Crippen LogP contribution < -0.4 is 20.9 Å². The first kappa shape index (κ1) is 21.7. The summed E-state index contributed by atoms with van der Waals surface area (Å²) in [5.41, 5.74) is 4.14. The van der Waals surface area contributed by atoms with Gasteiger partial charge >= 0.3 is 12.2 Å². The first-order valence-electron chi connectivity index (χ1n) is 8.38. The lowest BCUT2D eigenvalue weighted by atomic mass is 10.1. The van der Waals surface area contributed by atoms with E-state index >= 15 is 0 Å². The molecule has 3 amide bonds. The zero-order valence-electron chi connectivity index (χ0n) is 15.5. The molecule has 2 rings (SSSR count). The van der Waals surface area contributed by atoms with Gasteiger partial charge < -0.3 is 10.1 Å². The SMILES string of the molecule is CC(=O)c1ccc(NC(=O)NNC(=O)C(C)Oc2cccc(C(F)(F)F)c2)cc1. The van der Waals surface area contributed by atoms with Gasteiger partial charge in [0.1, 0.15) is 5.75 Å². The maximum absolute atomic E-state index is 12.7. The van der Waals surface area contributed by atoms with Crippen molar-refractivity contribution in [3.63, 3.8) is 0 Å². The molecule has 0 radical (unpaired) electrons. The zero-order valence-corrected chi connectivity index (χ0v) is 15.5. The molecular formula is C19H18F3N3O4. The summed E-state index contributed by atoms with van der Waals surface area (Å²) in [5.74, 6) is -1.04. The van der Waals surface area contributed by atoms with Gasteiger partial charge in [0.05, 0.1) is 5.56 Å². The number of benzene rings is 2. The van der Waals surface area contributed by atoms with E-state index in [0.717, 1.165) is 18.2 Å². The van der Waals surface area contributed by atoms with Crippen molar-refractivity contribution < 1.29 is 32.3 Å². The molecule has 29 heavy (non-hydrogen) atoms. The van der Waals surface area contributed by atoms with E-state index in [0.29, 0.717) is 11.3 Å². The van der Waals surface area contributed by atoms with Crippen molar-refractivity contribution in [3.8, 4) is 5.75 Å². The van der Waals surface area contributed by atoms with Gasteiger partial charge in [0.15, 0.2) is 11.9 Å². The number of amides is 3. The molecule has 1 unspecified atom stereocenters. The van der Waals surface area contributed by atoms with Gasteiger partial charge in [0.2, 0.25) is 0 Å². The molecule has 1 atom stereocenters. The largest absolute Gasteiger partial charge is 0.481 e. The van der Waals surface area contributed by atoms with Crippen LogP contribution in [0.15, 0.2) is 48.5 Å². The summed E-state index contributed by atoms with van der Waals surface area (Å²) >= 11 is 0. The number of urea groups is 1. The minimum atomic E-state index is -4.53. The van der Waals surface area contributed by atoms with Crippen LogP contribution in [0, 0.1) is 0 Å². The molecule has 0 spiro atoms. The predicted octanol–water partition coefficient (Wildman–Crippen LogP) is 3.53. The Bertz CT molecular complexity index is 898. The Balaban J connectivity index is 1.85. The van der Waals surface area contributed by atoms with Crippen molar-refractivity contribution in [2.24, 2.45) is 0 Å². The van der Waals surface area contributed by atoms with Crippen LogP contribution in [0.4, 0.5) is 23.7 Å². The average molecular weight is 409 g/mol. The zero-order chi connectivity index (χ0) is 21.6. The molecule has 0 bridgehead atoms. The highest BCUT2D eigenvalue weighted by Gasteiger charge is 2.30. The van der Waals surface area contributed by atoms with E-state index in [4.69, 9.17) is 4.74 Å². The van der Waals surface area contributed by atoms with Crippen LogP contribution in [0.1, 0.15) is 29.8 Å². The monoisotopic (exact) mass is 409 g/mol. The number of hydrogen-bond acceptors (Lipinski definition) is 4. The van der Waals surface area contributed by atoms with Crippen molar-refractivity contribution in [3.05, 3.63) is 59.7 Å². The second-order valence-corrected chi connectivity index (χ2v) is 5.99. The number of hydrazine groups is 1. The second kappa shape index (κ2) is 9.09. The maximum Gasteiger partial charge on any atom is 0.416 e. The van der Waals surface area contributed by atoms with E-state index in [1.807, 2.05) is 0 Å². The Morgan fingerprint density at radius 1 is 1.00 bits per heavy atom. The Kier molecular flexibility index (Phi) is 6.81. The van der Waals surface area contributed by atoms with E-state index < -0.39 is 29.8 Å². The molecule has 0 aliphatic heterocycles. The third-order valence-electron chi connectivity index (χ3n) is 3.69. The van der Waals surface area contributed by atoms with Crippen molar-refractivity contribution in [1.82, 2.24) is 10.9 Å². The van der Waals surface area contributed by atoms with E-state index in [1.165, 1.54) is 44.2 Å². The number of nitrogens with one attached hydrogen (secondary N) is 3. The van der Waals surface area contributed by atoms with Gasteiger partial charge in [-0.1, -0.05) is 6.07 Å². The van der Waals surface area contributed by atoms with E-state index in [1.54, 1.807) is 0 Å². The van der Waals surface area contributed by atoms with Gasteiger partial charge in [-0.05, 0) is 56.3 Å². The van der Waals surface area contributed by atoms with Crippen LogP contribution in [0.2, 0.25) is 0 Å². The Labute approximate surface area is 164 Å². The molecule has 0 saturated carbocycles. The Morgan fingerprint density at radius 2 is 1.66 bits per heavy atom. The molecule has 2 aromatic rings. The van der Waals surface area contributed by atoms with Crippen LogP contribution in [-0.4, -0.2) is 23.8 Å². The number of carbonyl (C=O) groups is 3. The van der Waals surface area contributed by atoms with Crippen LogP contribution in [0.5, 0.6) is 5.75 Å². The third-order valence-corrected chi connectivity index (χ3v) is 3.69.